The van der Waals surface area contributed by atoms with Crippen molar-refractivity contribution in [1.82, 2.24) is 0 Å². The van der Waals surface area contributed by atoms with Gasteiger partial charge in [0.05, 0.1) is 4.90 Å². The molecule has 0 saturated carbocycles. The summed E-state index contributed by atoms with van der Waals surface area (Å²) in [6.45, 7) is 16.1. The van der Waals surface area contributed by atoms with Crippen LogP contribution in [-0.4, -0.2) is 15.3 Å². The van der Waals surface area contributed by atoms with Crippen molar-refractivity contribution < 1.29 is 33.0 Å². The van der Waals surface area contributed by atoms with Gasteiger partial charge in [-0.3, -0.25) is 4.31 Å². The Morgan fingerprint density at radius 1 is 0.643 bits per heavy atom. The molecule has 1 rings (SSSR count). The van der Waals surface area contributed by atoms with Gasteiger partial charge in [0.15, 0.2) is 15.2 Å². The molecule has 0 aromatic rings. The first-order valence-electron chi connectivity index (χ1n) is 14.7. The van der Waals surface area contributed by atoms with Gasteiger partial charge in [0.1, 0.15) is 0 Å². The fourth-order valence-electron chi connectivity index (χ4n) is 4.64. The summed E-state index contributed by atoms with van der Waals surface area (Å²) in [5, 5.41) is 0. The van der Waals surface area contributed by atoms with Crippen LogP contribution in [0, 0.1) is 0 Å². The summed E-state index contributed by atoms with van der Waals surface area (Å²) in [6.07, 6.45) is 18.0. The molecule has 0 aromatic heterocycles. The molecule has 42 heavy (non-hydrogen) atoms. The van der Waals surface area contributed by atoms with E-state index < -0.39 is 27.4 Å². The fraction of sp³-hybridized carbons (Fsp3) is 0.594. The van der Waals surface area contributed by atoms with Gasteiger partial charge >= 0.3 is 0 Å². The number of allylic oxidation sites excluding steroid dienone is 12. The molecule has 0 spiro atoms. The molecular formula is C32H52O7P3-3. The van der Waals surface area contributed by atoms with Gasteiger partial charge in [0, 0.05) is 0 Å². The zero-order valence-electron chi connectivity index (χ0n) is 26.9. The molecule has 3 unspecified atom stereocenters. The SMILES string of the molecule is CC(C)=CCC/C(C)=C/CC/C(C)=C/CC1(C/C=C(\C)CC/C=C(\C)CCC=C(C)C)P(=O)([O-])OP(=O)([O-])C=P1([O-])O. The quantitative estimate of drug-likeness (QED) is 0.132. The van der Waals surface area contributed by atoms with E-state index >= 15 is 0 Å². The Kier molecular flexibility index (Phi) is 16.2. The Morgan fingerprint density at radius 2 is 0.976 bits per heavy atom. The van der Waals surface area contributed by atoms with Crippen molar-refractivity contribution in [2.75, 3.05) is 0 Å². The lowest BCUT2D eigenvalue weighted by atomic mass is 10.0. The van der Waals surface area contributed by atoms with E-state index in [1.165, 1.54) is 22.3 Å². The molecule has 0 aliphatic carbocycles. The lowest BCUT2D eigenvalue weighted by molar-refractivity contribution is -0.218. The highest BCUT2D eigenvalue weighted by Gasteiger charge is 2.50. The predicted octanol–water partition coefficient (Wildman–Crippen LogP) is 8.40. The van der Waals surface area contributed by atoms with Gasteiger partial charge in [0.2, 0.25) is 0 Å². The molecular weight excluding hydrogens is 589 g/mol. The van der Waals surface area contributed by atoms with Crippen LogP contribution in [0.15, 0.2) is 69.9 Å². The fourth-order valence-corrected chi connectivity index (χ4v) is 12.9. The third-order valence-electron chi connectivity index (χ3n) is 7.43. The highest BCUT2D eigenvalue weighted by molar-refractivity contribution is 7.95. The first-order valence-corrected chi connectivity index (χ1v) is 19.6. The van der Waals surface area contributed by atoms with E-state index in [0.29, 0.717) is 12.8 Å². The lowest BCUT2D eigenvalue weighted by Gasteiger charge is -2.57. The Labute approximate surface area is 255 Å². The molecule has 1 N–H and O–H groups in total. The molecule has 3 atom stereocenters. The average molecular weight is 642 g/mol. The highest BCUT2D eigenvalue weighted by atomic mass is 31.3. The van der Waals surface area contributed by atoms with Gasteiger partial charge in [-0.1, -0.05) is 77.2 Å². The van der Waals surface area contributed by atoms with Gasteiger partial charge in [-0.2, -0.15) is 0 Å². The normalized spacial score (nSPS) is 29.2. The molecule has 0 aromatic carbocycles. The molecule has 10 heteroatoms. The Hall–Kier alpha value is -1.000. The van der Waals surface area contributed by atoms with Crippen molar-refractivity contribution in [3.8, 4) is 0 Å². The zero-order valence-corrected chi connectivity index (χ0v) is 29.5. The van der Waals surface area contributed by atoms with Gasteiger partial charge < -0.3 is 28.7 Å². The summed E-state index contributed by atoms with van der Waals surface area (Å²) in [7, 11) is -15.3. The van der Waals surface area contributed by atoms with Crippen molar-refractivity contribution in [3.63, 3.8) is 0 Å². The maximum atomic E-state index is 13.4. The van der Waals surface area contributed by atoms with Crippen LogP contribution >= 0.6 is 22.5 Å². The molecule has 1 aliphatic heterocycles. The zero-order chi connectivity index (χ0) is 32.2. The molecule has 7 nitrogen and oxygen atoms in total. The van der Waals surface area contributed by atoms with E-state index in [2.05, 4.69) is 70.2 Å². The summed E-state index contributed by atoms with van der Waals surface area (Å²) in [4.78, 5) is 47.4. The van der Waals surface area contributed by atoms with Crippen molar-refractivity contribution in [2.24, 2.45) is 0 Å². The molecule has 0 saturated heterocycles. The second-order valence-corrected chi connectivity index (χ2v) is 19.1. The van der Waals surface area contributed by atoms with Crippen LogP contribution < -0.4 is 14.7 Å². The van der Waals surface area contributed by atoms with Crippen molar-refractivity contribution in [2.45, 2.75) is 124 Å². The van der Waals surface area contributed by atoms with E-state index in [9.17, 15) is 28.7 Å². The molecule has 0 bridgehead atoms. The average Bonchev–Trinajstić information content (AvgIpc) is 2.81. The van der Waals surface area contributed by atoms with E-state index in [1.54, 1.807) is 12.2 Å². The summed E-state index contributed by atoms with van der Waals surface area (Å²) < 4.78 is 29.9. The van der Waals surface area contributed by atoms with E-state index in [1.807, 2.05) is 13.8 Å². The second-order valence-electron chi connectivity index (χ2n) is 12.2. The number of rotatable bonds is 16. The van der Waals surface area contributed by atoms with Crippen molar-refractivity contribution >= 4 is 28.1 Å². The molecule has 0 fully saturated rings. The van der Waals surface area contributed by atoms with Crippen LogP contribution in [0.3, 0.4) is 0 Å². The third kappa shape index (κ3) is 13.3. The highest BCUT2D eigenvalue weighted by Crippen LogP contribution is 2.79. The van der Waals surface area contributed by atoms with Crippen LogP contribution in [0.5, 0.6) is 0 Å². The second kappa shape index (κ2) is 17.5. The van der Waals surface area contributed by atoms with Gasteiger partial charge in [0.25, 0.3) is 0 Å². The topological polar surface area (TPSA) is 133 Å². The van der Waals surface area contributed by atoms with E-state index in [-0.39, 0.29) is 18.4 Å². The maximum Gasteiger partial charge on any atom is 0.164 e. The third-order valence-corrected chi connectivity index (χ3v) is 16.1. The Morgan fingerprint density at radius 3 is 1.31 bits per heavy atom. The van der Waals surface area contributed by atoms with E-state index in [4.69, 9.17) is 0 Å². The number of hydrogen-bond donors (Lipinski definition) is 1. The molecule has 240 valence electrons. The summed E-state index contributed by atoms with van der Waals surface area (Å²) in [6, 6.07) is 0. The van der Waals surface area contributed by atoms with E-state index in [0.717, 1.165) is 49.7 Å². The molecule has 0 radical (unpaired) electrons. The van der Waals surface area contributed by atoms with Crippen LogP contribution in [0.2, 0.25) is 0 Å². The van der Waals surface area contributed by atoms with Gasteiger partial charge in [-0.25, -0.2) is 0 Å². The monoisotopic (exact) mass is 641 g/mol. The maximum absolute atomic E-state index is 13.4. The van der Waals surface area contributed by atoms with Crippen molar-refractivity contribution in [3.05, 3.63) is 69.9 Å². The molecule has 1 aliphatic rings. The lowest BCUT2D eigenvalue weighted by Crippen LogP contribution is -2.41. The minimum atomic E-state index is -5.30. The molecule has 0 amide bonds. The molecule has 1 heterocycles. The predicted molar refractivity (Wildman–Crippen MR) is 174 cm³/mol. The Balaban J connectivity index is 3.12. The minimum Gasteiger partial charge on any atom is -0.808 e. The smallest absolute Gasteiger partial charge is 0.164 e. The largest absolute Gasteiger partial charge is 0.808 e. The number of hydrogen-bond acceptors (Lipinski definition) is 7. The van der Waals surface area contributed by atoms with Crippen LogP contribution in [-0.2, 0) is 13.4 Å². The van der Waals surface area contributed by atoms with Gasteiger partial charge in [-0.05, 0) is 125 Å². The summed E-state index contributed by atoms with van der Waals surface area (Å²) in [5.74, 6) is 0. The van der Waals surface area contributed by atoms with Crippen LogP contribution in [0.25, 0.3) is 0 Å². The first kappa shape index (κ1) is 39.0. The standard InChI is InChI=1S/C32H54O7P3/c1-26(2)13-9-15-28(5)17-11-19-30(7)21-23-32(40(33,34)25-41(35,36)39-42(32,37)38)24-22-31(8)20-12-18-29(6)16-10-14-27(3)4/h13-14,17-18,21-22,25H,9-12,15-16,19-20,23-24H2,1-8H3,(H3-,33,34,35,36,37,38)/q-1/p-2/b28-17+,29-18+,30-21+,31-22+. The van der Waals surface area contributed by atoms with Crippen molar-refractivity contribution in [1.29, 1.82) is 0 Å². The minimum absolute atomic E-state index is 0.220. The first-order chi connectivity index (χ1) is 19.3. The van der Waals surface area contributed by atoms with Crippen LogP contribution in [0.4, 0.5) is 0 Å². The summed E-state index contributed by atoms with van der Waals surface area (Å²) >= 11 is 0. The Bertz CT molecular complexity index is 1190. The van der Waals surface area contributed by atoms with Gasteiger partial charge in [-0.15, -0.1) is 0 Å². The summed E-state index contributed by atoms with van der Waals surface area (Å²) in [5.41, 5.74) is 7.03. The van der Waals surface area contributed by atoms with Crippen LogP contribution in [0.1, 0.15) is 120 Å².